The molecule has 0 aliphatic heterocycles. The second-order valence-electron chi connectivity index (χ2n) is 7.48. The number of H-pyrrole nitrogens is 1. The fraction of sp³-hybridized carbons (Fsp3) is 0.261. The fourth-order valence-corrected chi connectivity index (χ4v) is 4.34. The number of para-hydroxylation sites is 1. The molecule has 2 N–H and O–H groups in total. The van der Waals surface area contributed by atoms with E-state index in [4.69, 9.17) is 14.5 Å². The molecule has 32 heavy (non-hydrogen) atoms. The van der Waals surface area contributed by atoms with Gasteiger partial charge in [-0.3, -0.25) is 14.2 Å². The Morgan fingerprint density at radius 3 is 2.62 bits per heavy atom. The fourth-order valence-electron chi connectivity index (χ4n) is 3.52. The highest BCUT2D eigenvalue weighted by Gasteiger charge is 2.19. The van der Waals surface area contributed by atoms with Crippen molar-refractivity contribution in [3.8, 4) is 17.2 Å². The molecule has 4 rings (SSSR count). The molecule has 2 aromatic carbocycles. The molecule has 8 nitrogen and oxygen atoms in total. The lowest BCUT2D eigenvalue weighted by Gasteiger charge is -2.15. The smallest absolute Gasteiger partial charge is 0.283 e. The first kappa shape index (κ1) is 21.8. The van der Waals surface area contributed by atoms with E-state index in [0.717, 1.165) is 10.9 Å². The molecule has 0 spiro atoms. The van der Waals surface area contributed by atoms with Gasteiger partial charge in [-0.15, -0.1) is 0 Å². The average molecular weight is 453 g/mol. The number of hydrogen-bond acceptors (Lipinski definition) is 6. The van der Waals surface area contributed by atoms with E-state index < -0.39 is 0 Å². The summed E-state index contributed by atoms with van der Waals surface area (Å²) < 4.78 is 12.2. The lowest BCUT2D eigenvalue weighted by Crippen LogP contribution is -2.32. The third kappa shape index (κ3) is 4.03. The van der Waals surface area contributed by atoms with E-state index in [-0.39, 0.29) is 23.3 Å². The van der Waals surface area contributed by atoms with Crippen LogP contribution >= 0.6 is 11.8 Å². The number of aromatic nitrogens is 3. The summed E-state index contributed by atoms with van der Waals surface area (Å²) in [5.41, 5.74) is 2.11. The van der Waals surface area contributed by atoms with Crippen molar-refractivity contribution in [2.24, 2.45) is 0 Å². The zero-order valence-corrected chi connectivity index (χ0v) is 19.1. The standard InChI is InChI=1S/C23H24N4O4S/c1-13(2)24-19(28)12-32-23-26-20-15-7-5-6-8-16(15)25-21(20)22(29)27(23)14-9-10-17(30-3)18(11-14)31-4/h5-11,13,25H,12H2,1-4H3,(H,24,28). The van der Waals surface area contributed by atoms with Gasteiger partial charge in [-0.25, -0.2) is 4.98 Å². The number of fused-ring (bicyclic) bond motifs is 3. The predicted octanol–water partition coefficient (Wildman–Crippen LogP) is 3.50. The maximum absolute atomic E-state index is 13.6. The van der Waals surface area contributed by atoms with Crippen LogP contribution in [-0.4, -0.2) is 46.5 Å². The number of carbonyl (C=O) groups excluding carboxylic acids is 1. The molecule has 0 fully saturated rings. The largest absolute Gasteiger partial charge is 0.493 e. The Morgan fingerprint density at radius 2 is 1.91 bits per heavy atom. The molecule has 1 amide bonds. The van der Waals surface area contributed by atoms with E-state index in [1.54, 1.807) is 25.3 Å². The maximum Gasteiger partial charge on any atom is 0.283 e. The lowest BCUT2D eigenvalue weighted by molar-refractivity contribution is -0.119. The van der Waals surface area contributed by atoms with E-state index in [0.29, 0.717) is 33.4 Å². The Balaban J connectivity index is 1.91. The van der Waals surface area contributed by atoms with E-state index >= 15 is 0 Å². The number of benzene rings is 2. The van der Waals surface area contributed by atoms with Gasteiger partial charge in [0.25, 0.3) is 5.56 Å². The summed E-state index contributed by atoms with van der Waals surface area (Å²) in [5.74, 6) is 1.04. The number of rotatable bonds is 7. The zero-order valence-electron chi connectivity index (χ0n) is 18.3. The molecule has 2 aromatic heterocycles. The summed E-state index contributed by atoms with van der Waals surface area (Å²) in [6.07, 6.45) is 0. The Hall–Kier alpha value is -3.46. The highest BCUT2D eigenvalue weighted by molar-refractivity contribution is 7.99. The van der Waals surface area contributed by atoms with Crippen molar-refractivity contribution in [1.82, 2.24) is 19.9 Å². The molecule has 4 aromatic rings. The third-order valence-electron chi connectivity index (χ3n) is 4.90. The van der Waals surface area contributed by atoms with Crippen LogP contribution in [0.25, 0.3) is 27.6 Å². The molecule has 0 saturated carbocycles. The van der Waals surface area contributed by atoms with Crippen LogP contribution in [0.15, 0.2) is 52.4 Å². The molecule has 0 aliphatic carbocycles. The van der Waals surface area contributed by atoms with Crippen LogP contribution in [0, 0.1) is 0 Å². The molecule has 0 unspecified atom stereocenters. The molecule has 0 bridgehead atoms. The van der Waals surface area contributed by atoms with Gasteiger partial charge in [0.15, 0.2) is 16.7 Å². The number of amides is 1. The highest BCUT2D eigenvalue weighted by atomic mass is 32.2. The molecule has 0 aliphatic rings. The average Bonchev–Trinajstić information content (AvgIpc) is 3.16. The quantitative estimate of drug-likeness (QED) is 0.329. The number of nitrogens with zero attached hydrogens (tertiary/aromatic N) is 2. The summed E-state index contributed by atoms with van der Waals surface area (Å²) in [4.78, 5) is 33.9. The van der Waals surface area contributed by atoms with Crippen molar-refractivity contribution in [2.45, 2.75) is 25.0 Å². The minimum absolute atomic E-state index is 0.0280. The normalized spacial score (nSPS) is 11.3. The van der Waals surface area contributed by atoms with Crippen LogP contribution in [0.5, 0.6) is 11.5 Å². The topological polar surface area (TPSA) is 98.2 Å². The maximum atomic E-state index is 13.6. The number of ether oxygens (including phenoxy) is 2. The number of carbonyl (C=O) groups is 1. The summed E-state index contributed by atoms with van der Waals surface area (Å²) >= 11 is 1.21. The Morgan fingerprint density at radius 1 is 1.16 bits per heavy atom. The van der Waals surface area contributed by atoms with Gasteiger partial charge in [0.05, 0.1) is 25.7 Å². The first-order valence-corrected chi connectivity index (χ1v) is 11.1. The summed E-state index contributed by atoms with van der Waals surface area (Å²) in [5, 5.41) is 4.13. The first-order valence-electron chi connectivity index (χ1n) is 10.1. The second-order valence-corrected chi connectivity index (χ2v) is 8.42. The lowest BCUT2D eigenvalue weighted by atomic mass is 10.2. The number of methoxy groups -OCH3 is 2. The highest BCUT2D eigenvalue weighted by Crippen LogP contribution is 2.31. The van der Waals surface area contributed by atoms with Crippen molar-refractivity contribution in [1.29, 1.82) is 0 Å². The summed E-state index contributed by atoms with van der Waals surface area (Å²) in [6.45, 7) is 3.80. The number of hydrogen-bond donors (Lipinski definition) is 2. The molecule has 166 valence electrons. The van der Waals surface area contributed by atoms with Crippen molar-refractivity contribution in [3.05, 3.63) is 52.8 Å². The summed E-state index contributed by atoms with van der Waals surface area (Å²) in [7, 11) is 3.09. The molecule has 0 saturated heterocycles. The van der Waals surface area contributed by atoms with E-state index in [1.807, 2.05) is 38.1 Å². The van der Waals surface area contributed by atoms with Gasteiger partial charge in [-0.05, 0) is 32.0 Å². The van der Waals surface area contributed by atoms with Crippen molar-refractivity contribution >= 4 is 39.6 Å². The van der Waals surface area contributed by atoms with Gasteiger partial charge in [-0.1, -0.05) is 30.0 Å². The van der Waals surface area contributed by atoms with Crippen LogP contribution in [0.2, 0.25) is 0 Å². The Bertz CT molecular complexity index is 1360. The first-order chi connectivity index (χ1) is 15.4. The molecule has 0 atom stereocenters. The Labute approximate surface area is 188 Å². The van der Waals surface area contributed by atoms with Crippen LogP contribution in [-0.2, 0) is 4.79 Å². The van der Waals surface area contributed by atoms with Crippen LogP contribution in [0.3, 0.4) is 0 Å². The monoisotopic (exact) mass is 452 g/mol. The molecular weight excluding hydrogens is 428 g/mol. The molecule has 2 heterocycles. The minimum atomic E-state index is -0.259. The number of aromatic amines is 1. The van der Waals surface area contributed by atoms with Crippen LogP contribution < -0.4 is 20.3 Å². The molecule has 9 heteroatoms. The number of nitrogens with one attached hydrogen (secondary N) is 2. The van der Waals surface area contributed by atoms with Crippen molar-refractivity contribution < 1.29 is 14.3 Å². The van der Waals surface area contributed by atoms with E-state index in [2.05, 4.69) is 10.3 Å². The third-order valence-corrected chi connectivity index (χ3v) is 5.84. The second kappa shape index (κ2) is 8.96. The van der Waals surface area contributed by atoms with Gasteiger partial charge in [0.1, 0.15) is 11.0 Å². The van der Waals surface area contributed by atoms with E-state index in [1.165, 1.54) is 23.4 Å². The Kier molecular flexibility index (Phi) is 6.09. The van der Waals surface area contributed by atoms with Gasteiger partial charge >= 0.3 is 0 Å². The predicted molar refractivity (Wildman–Crippen MR) is 126 cm³/mol. The van der Waals surface area contributed by atoms with Crippen LogP contribution in [0.4, 0.5) is 0 Å². The molecular formula is C23H24N4O4S. The molecule has 0 radical (unpaired) electrons. The SMILES string of the molecule is COc1ccc(-n2c(SCC(=O)NC(C)C)nc3c([nH]c4ccccc43)c2=O)cc1OC. The van der Waals surface area contributed by atoms with Crippen molar-refractivity contribution in [3.63, 3.8) is 0 Å². The van der Waals surface area contributed by atoms with Gasteiger partial charge in [-0.2, -0.15) is 0 Å². The van der Waals surface area contributed by atoms with Crippen molar-refractivity contribution in [2.75, 3.05) is 20.0 Å². The van der Waals surface area contributed by atoms with Gasteiger partial charge in [0, 0.05) is 23.0 Å². The number of thioether (sulfide) groups is 1. The minimum Gasteiger partial charge on any atom is -0.493 e. The zero-order chi connectivity index (χ0) is 22.8. The van der Waals surface area contributed by atoms with Gasteiger partial charge < -0.3 is 19.8 Å². The van der Waals surface area contributed by atoms with Gasteiger partial charge in [0.2, 0.25) is 5.91 Å². The van der Waals surface area contributed by atoms with Crippen LogP contribution in [0.1, 0.15) is 13.8 Å². The summed E-state index contributed by atoms with van der Waals surface area (Å²) in [6, 6.07) is 12.9. The van der Waals surface area contributed by atoms with E-state index in [9.17, 15) is 9.59 Å².